The molecule has 6 heteroatoms. The Morgan fingerprint density at radius 1 is 0.778 bits per heavy atom. The van der Waals surface area contributed by atoms with E-state index in [0.29, 0.717) is 24.8 Å². The standard InChI is InChI=1S/C39H47N3O3/c1-27-11-10-14-31(32(27)28-15-17-30(18-16-28)37(2,3)4)34(43)41-39-22-19-38(20-23-39,21-24-39)36(45)40-33(29-12-6-5-7-13-29)35(44)42-25-8-9-26-42/h5-7,10-18,33H,8-9,19-26H2,1-4H3,(H,40,45)(H,41,43)/t33-,38?,39?/m0/s1. The van der Waals surface area contributed by atoms with E-state index in [0.717, 1.165) is 67.4 Å². The van der Waals surface area contributed by atoms with Crippen LogP contribution in [0, 0.1) is 12.3 Å². The van der Waals surface area contributed by atoms with Gasteiger partial charge in [-0.3, -0.25) is 14.4 Å². The molecule has 45 heavy (non-hydrogen) atoms. The van der Waals surface area contributed by atoms with E-state index in [1.54, 1.807) is 0 Å². The van der Waals surface area contributed by atoms with Crippen LogP contribution in [0.3, 0.4) is 0 Å². The van der Waals surface area contributed by atoms with Crippen molar-refractivity contribution in [3.63, 3.8) is 0 Å². The zero-order chi connectivity index (χ0) is 31.8. The Balaban J connectivity index is 1.16. The highest BCUT2D eigenvalue weighted by atomic mass is 16.2. The maximum atomic E-state index is 14.0. The monoisotopic (exact) mass is 605 g/mol. The van der Waals surface area contributed by atoms with Gasteiger partial charge in [0.15, 0.2) is 0 Å². The van der Waals surface area contributed by atoms with Crippen LogP contribution in [0.1, 0.15) is 105 Å². The van der Waals surface area contributed by atoms with Crippen molar-refractivity contribution in [1.82, 2.24) is 15.5 Å². The van der Waals surface area contributed by atoms with Crippen LogP contribution in [-0.2, 0) is 15.0 Å². The van der Waals surface area contributed by atoms with Crippen molar-refractivity contribution in [3.8, 4) is 11.1 Å². The first-order chi connectivity index (χ1) is 21.5. The Labute approximate surface area is 268 Å². The molecular weight excluding hydrogens is 558 g/mol. The van der Waals surface area contributed by atoms with E-state index >= 15 is 0 Å². The van der Waals surface area contributed by atoms with Gasteiger partial charge in [-0.15, -0.1) is 0 Å². The Kier molecular flexibility index (Phi) is 8.36. The lowest BCUT2D eigenvalue weighted by Crippen LogP contribution is -2.60. The van der Waals surface area contributed by atoms with Gasteiger partial charge in [-0.05, 0) is 97.6 Å². The number of carbonyl (C=O) groups excluding carboxylic acids is 3. The van der Waals surface area contributed by atoms with Gasteiger partial charge in [-0.2, -0.15) is 0 Å². The summed E-state index contributed by atoms with van der Waals surface area (Å²) in [5.41, 5.74) is 5.11. The molecule has 2 bridgehead atoms. The zero-order valence-corrected chi connectivity index (χ0v) is 27.2. The van der Waals surface area contributed by atoms with E-state index in [1.165, 1.54) is 5.56 Å². The SMILES string of the molecule is Cc1cccc(C(=O)NC23CCC(C(=O)N[C@H](C(=O)N4CCCC4)c4ccccc4)(CC2)CC3)c1-c1ccc(C(C)(C)C)cc1. The summed E-state index contributed by atoms with van der Waals surface area (Å²) in [6, 6.07) is 23.5. The Hall–Kier alpha value is -3.93. The quantitative estimate of drug-likeness (QED) is 0.298. The second kappa shape index (κ2) is 12.1. The number of aryl methyl sites for hydroxylation is 1. The average Bonchev–Trinajstić information content (AvgIpc) is 3.59. The van der Waals surface area contributed by atoms with Crippen LogP contribution >= 0.6 is 0 Å². The van der Waals surface area contributed by atoms with E-state index in [2.05, 4.69) is 68.7 Å². The molecule has 3 aromatic rings. The van der Waals surface area contributed by atoms with Crippen LogP contribution in [0.2, 0.25) is 0 Å². The first kappa shape index (κ1) is 31.1. The molecule has 1 aliphatic heterocycles. The lowest BCUT2D eigenvalue weighted by molar-refractivity contribution is -0.143. The smallest absolute Gasteiger partial charge is 0.252 e. The van der Waals surface area contributed by atoms with Crippen molar-refractivity contribution in [2.45, 2.75) is 96.1 Å². The molecule has 1 atom stereocenters. The number of nitrogens with zero attached hydrogens (tertiary/aromatic N) is 1. The van der Waals surface area contributed by atoms with Crippen LogP contribution in [0.15, 0.2) is 72.8 Å². The van der Waals surface area contributed by atoms with Crippen molar-refractivity contribution in [3.05, 3.63) is 95.1 Å². The summed E-state index contributed by atoms with van der Waals surface area (Å²) in [5.74, 6) is -0.0883. The second-order valence-electron chi connectivity index (χ2n) is 14.7. The molecule has 3 saturated carbocycles. The summed E-state index contributed by atoms with van der Waals surface area (Å²) in [7, 11) is 0. The molecule has 3 aromatic carbocycles. The normalized spacial score (nSPS) is 23.4. The second-order valence-corrected chi connectivity index (χ2v) is 14.7. The predicted octanol–water partition coefficient (Wildman–Crippen LogP) is 7.26. The number of benzene rings is 3. The fraction of sp³-hybridized carbons (Fsp3) is 0.462. The minimum atomic E-state index is -0.670. The first-order valence-corrected chi connectivity index (χ1v) is 16.7. The molecular formula is C39H47N3O3. The number of amides is 3. The fourth-order valence-corrected chi connectivity index (χ4v) is 7.74. The van der Waals surface area contributed by atoms with Crippen molar-refractivity contribution in [1.29, 1.82) is 0 Å². The van der Waals surface area contributed by atoms with E-state index in [9.17, 15) is 14.4 Å². The number of carbonyl (C=O) groups is 3. The number of hydrogen-bond donors (Lipinski definition) is 2. The molecule has 1 saturated heterocycles. The molecule has 0 spiro atoms. The van der Waals surface area contributed by atoms with Gasteiger partial charge in [0, 0.05) is 29.6 Å². The Morgan fingerprint density at radius 2 is 1.40 bits per heavy atom. The molecule has 0 radical (unpaired) electrons. The number of fused-ring (bicyclic) bond motifs is 3. The number of rotatable bonds is 7. The van der Waals surface area contributed by atoms with Crippen LogP contribution < -0.4 is 10.6 Å². The van der Waals surface area contributed by atoms with E-state index < -0.39 is 11.5 Å². The molecule has 7 rings (SSSR count). The zero-order valence-electron chi connectivity index (χ0n) is 27.2. The topological polar surface area (TPSA) is 78.5 Å². The van der Waals surface area contributed by atoms with Gasteiger partial charge in [0.25, 0.3) is 5.91 Å². The summed E-state index contributed by atoms with van der Waals surface area (Å²) < 4.78 is 0. The molecule has 3 aliphatic carbocycles. The lowest BCUT2D eigenvalue weighted by Gasteiger charge is -2.52. The maximum Gasteiger partial charge on any atom is 0.252 e. The fourth-order valence-electron chi connectivity index (χ4n) is 7.74. The van der Waals surface area contributed by atoms with Gasteiger partial charge in [-0.1, -0.05) is 87.5 Å². The highest BCUT2D eigenvalue weighted by Crippen LogP contribution is 2.53. The van der Waals surface area contributed by atoms with Gasteiger partial charge in [0.05, 0.1) is 0 Å². The number of hydrogen-bond acceptors (Lipinski definition) is 3. The molecule has 0 aromatic heterocycles. The van der Waals surface area contributed by atoms with E-state index in [4.69, 9.17) is 0 Å². The molecule has 4 fully saturated rings. The summed E-state index contributed by atoms with van der Waals surface area (Å²) in [5, 5.41) is 6.66. The van der Waals surface area contributed by atoms with E-state index in [-0.39, 0.29) is 28.7 Å². The van der Waals surface area contributed by atoms with Crippen LogP contribution in [0.4, 0.5) is 0 Å². The maximum absolute atomic E-state index is 14.0. The van der Waals surface area contributed by atoms with Crippen LogP contribution in [-0.4, -0.2) is 41.2 Å². The first-order valence-electron chi connectivity index (χ1n) is 16.7. The molecule has 1 heterocycles. The van der Waals surface area contributed by atoms with E-state index in [1.807, 2.05) is 47.4 Å². The summed E-state index contributed by atoms with van der Waals surface area (Å²) in [4.78, 5) is 43.4. The van der Waals surface area contributed by atoms with Crippen LogP contribution in [0.5, 0.6) is 0 Å². The van der Waals surface area contributed by atoms with Gasteiger partial charge in [0.2, 0.25) is 11.8 Å². The van der Waals surface area contributed by atoms with Crippen LogP contribution in [0.25, 0.3) is 11.1 Å². The third-order valence-electron chi connectivity index (χ3n) is 10.7. The largest absolute Gasteiger partial charge is 0.347 e. The minimum Gasteiger partial charge on any atom is -0.347 e. The molecule has 2 N–H and O–H groups in total. The molecule has 3 amide bonds. The number of likely N-dealkylation sites (tertiary alicyclic amines) is 1. The molecule has 6 nitrogen and oxygen atoms in total. The van der Waals surface area contributed by atoms with Gasteiger partial charge >= 0.3 is 0 Å². The highest BCUT2D eigenvalue weighted by molar-refractivity contribution is 6.02. The number of nitrogens with one attached hydrogen (secondary N) is 2. The summed E-state index contributed by atoms with van der Waals surface area (Å²) >= 11 is 0. The van der Waals surface area contributed by atoms with Crippen molar-refractivity contribution >= 4 is 17.7 Å². The third kappa shape index (κ3) is 6.16. The molecule has 4 aliphatic rings. The van der Waals surface area contributed by atoms with Crippen molar-refractivity contribution in [2.75, 3.05) is 13.1 Å². The molecule has 0 unspecified atom stereocenters. The Bertz CT molecular complexity index is 1540. The third-order valence-corrected chi connectivity index (χ3v) is 10.7. The Morgan fingerprint density at radius 3 is 2.00 bits per heavy atom. The lowest BCUT2D eigenvalue weighted by atomic mass is 9.56. The van der Waals surface area contributed by atoms with Crippen molar-refractivity contribution in [2.24, 2.45) is 5.41 Å². The summed E-state index contributed by atoms with van der Waals surface area (Å²) in [6.45, 7) is 10.2. The minimum absolute atomic E-state index is 0.0151. The van der Waals surface area contributed by atoms with Gasteiger partial charge in [0.1, 0.15) is 6.04 Å². The average molecular weight is 606 g/mol. The van der Waals surface area contributed by atoms with Crippen molar-refractivity contribution < 1.29 is 14.4 Å². The van der Waals surface area contributed by atoms with Gasteiger partial charge < -0.3 is 15.5 Å². The summed E-state index contributed by atoms with van der Waals surface area (Å²) in [6.07, 6.45) is 6.38. The molecule has 236 valence electrons. The highest BCUT2D eigenvalue weighted by Gasteiger charge is 2.53. The van der Waals surface area contributed by atoms with Gasteiger partial charge in [-0.25, -0.2) is 0 Å². The predicted molar refractivity (Wildman–Crippen MR) is 179 cm³/mol.